The van der Waals surface area contributed by atoms with Gasteiger partial charge in [0.1, 0.15) is 6.04 Å². The molecule has 7 heteroatoms. The Morgan fingerprint density at radius 3 is 2.17 bits per heavy atom. The van der Waals surface area contributed by atoms with E-state index in [9.17, 15) is 9.59 Å². The summed E-state index contributed by atoms with van der Waals surface area (Å²) in [5.74, 6) is 0.305. The molecule has 128 valence electrons. The van der Waals surface area contributed by atoms with Gasteiger partial charge in [-0.3, -0.25) is 4.79 Å². The molecule has 0 aliphatic carbocycles. The lowest BCUT2D eigenvalue weighted by atomic mass is 10.1. The van der Waals surface area contributed by atoms with Gasteiger partial charge in [-0.05, 0) is 17.7 Å². The molecular weight excluding hydrogens is 339 g/mol. The lowest BCUT2D eigenvalue weighted by Crippen LogP contribution is -2.42. The van der Waals surface area contributed by atoms with Crippen LogP contribution in [0.5, 0.6) is 0 Å². The van der Waals surface area contributed by atoms with Crippen molar-refractivity contribution >= 4 is 40.8 Å². The number of amides is 1. The van der Waals surface area contributed by atoms with Crippen molar-refractivity contribution in [3.05, 3.63) is 29.8 Å². The largest absolute Gasteiger partial charge is 0.467 e. The van der Waals surface area contributed by atoms with E-state index >= 15 is 0 Å². The zero-order valence-corrected chi connectivity index (χ0v) is 14.9. The molecule has 5 nitrogen and oxygen atoms in total. The predicted octanol–water partition coefficient (Wildman–Crippen LogP) is 2.19. The second kappa shape index (κ2) is 10.3. The van der Waals surface area contributed by atoms with Crippen LogP contribution in [-0.4, -0.2) is 49.9 Å². The van der Waals surface area contributed by atoms with Gasteiger partial charge < -0.3 is 15.0 Å². The zero-order chi connectivity index (χ0) is 17.2. The molecule has 0 radical (unpaired) electrons. The van der Waals surface area contributed by atoms with Crippen molar-refractivity contribution in [1.29, 1.82) is 0 Å². The van der Waals surface area contributed by atoms with Crippen LogP contribution in [0.25, 0.3) is 0 Å². The highest BCUT2D eigenvalue weighted by atomic mass is 35.5. The van der Waals surface area contributed by atoms with Crippen LogP contribution in [-0.2, 0) is 20.7 Å². The van der Waals surface area contributed by atoms with Gasteiger partial charge in [0.25, 0.3) is 0 Å². The Balaban J connectivity index is 2.81. The number of esters is 1. The van der Waals surface area contributed by atoms with Crippen LogP contribution in [0.3, 0.4) is 0 Å². The number of methoxy groups -OCH3 is 1. The van der Waals surface area contributed by atoms with Crippen molar-refractivity contribution < 1.29 is 14.3 Å². The smallest absolute Gasteiger partial charge is 0.328 e. The van der Waals surface area contributed by atoms with Crippen molar-refractivity contribution in [2.24, 2.45) is 0 Å². The van der Waals surface area contributed by atoms with E-state index in [1.165, 1.54) is 14.0 Å². The number of halogens is 2. The Labute approximate surface area is 146 Å². The normalized spacial score (nSPS) is 11.7. The average Bonchev–Trinajstić information content (AvgIpc) is 2.53. The number of benzene rings is 1. The number of alkyl halides is 2. The van der Waals surface area contributed by atoms with Crippen LogP contribution in [0.1, 0.15) is 12.5 Å². The van der Waals surface area contributed by atoms with Gasteiger partial charge in [0.15, 0.2) is 0 Å². The summed E-state index contributed by atoms with van der Waals surface area (Å²) in [6, 6.07) is 7.06. The van der Waals surface area contributed by atoms with Crippen LogP contribution in [0.4, 0.5) is 5.69 Å². The number of carbonyl (C=O) groups is 2. The van der Waals surface area contributed by atoms with E-state index in [4.69, 9.17) is 27.9 Å². The molecule has 0 aromatic heterocycles. The van der Waals surface area contributed by atoms with Gasteiger partial charge in [-0.25, -0.2) is 4.79 Å². The van der Waals surface area contributed by atoms with Gasteiger partial charge in [0.05, 0.1) is 7.11 Å². The van der Waals surface area contributed by atoms with Crippen molar-refractivity contribution in [2.75, 3.05) is 36.9 Å². The number of carbonyl (C=O) groups excluding carboxylic acids is 2. The van der Waals surface area contributed by atoms with Gasteiger partial charge in [-0.15, -0.1) is 23.2 Å². The van der Waals surface area contributed by atoms with E-state index in [2.05, 4.69) is 10.2 Å². The Kier molecular flexibility index (Phi) is 8.81. The highest BCUT2D eigenvalue weighted by Crippen LogP contribution is 2.17. The quantitative estimate of drug-likeness (QED) is 0.541. The lowest BCUT2D eigenvalue weighted by molar-refractivity contribution is -0.144. The van der Waals surface area contributed by atoms with Crippen LogP contribution < -0.4 is 10.2 Å². The third kappa shape index (κ3) is 6.67. The SMILES string of the molecule is COC(=O)C(Cc1ccc(N(CCCl)CCCl)cc1)NC(C)=O. The molecule has 0 fully saturated rings. The maximum absolute atomic E-state index is 11.7. The monoisotopic (exact) mass is 360 g/mol. The Morgan fingerprint density at radius 1 is 1.17 bits per heavy atom. The Bertz CT molecular complexity index is 503. The van der Waals surface area contributed by atoms with Gasteiger partial charge in [0, 0.05) is 43.9 Å². The molecule has 1 aromatic rings. The van der Waals surface area contributed by atoms with Gasteiger partial charge in [-0.2, -0.15) is 0 Å². The number of ether oxygens (including phenoxy) is 1. The third-order valence-electron chi connectivity index (χ3n) is 3.31. The number of nitrogens with zero attached hydrogens (tertiary/aromatic N) is 1. The maximum Gasteiger partial charge on any atom is 0.328 e. The fourth-order valence-corrected chi connectivity index (χ4v) is 2.64. The second-order valence-corrected chi connectivity index (χ2v) is 5.77. The number of hydrogen-bond acceptors (Lipinski definition) is 4. The summed E-state index contributed by atoms with van der Waals surface area (Å²) in [5.41, 5.74) is 1.94. The molecule has 0 heterocycles. The van der Waals surface area contributed by atoms with E-state index in [1.54, 1.807) is 0 Å². The molecule has 0 saturated carbocycles. The minimum atomic E-state index is -0.690. The van der Waals surface area contributed by atoms with Crippen molar-refractivity contribution in [1.82, 2.24) is 5.32 Å². The lowest BCUT2D eigenvalue weighted by Gasteiger charge is -2.23. The summed E-state index contributed by atoms with van der Waals surface area (Å²) in [5, 5.41) is 2.60. The molecule has 1 atom stereocenters. The molecule has 0 bridgehead atoms. The molecule has 1 rings (SSSR count). The molecule has 1 amide bonds. The minimum Gasteiger partial charge on any atom is -0.467 e. The van der Waals surface area contributed by atoms with Crippen molar-refractivity contribution in [3.8, 4) is 0 Å². The summed E-state index contributed by atoms with van der Waals surface area (Å²) in [4.78, 5) is 25.0. The molecule has 1 N–H and O–H groups in total. The number of rotatable bonds is 9. The fraction of sp³-hybridized carbons (Fsp3) is 0.500. The average molecular weight is 361 g/mol. The molecule has 0 aliphatic rings. The summed E-state index contributed by atoms with van der Waals surface area (Å²) < 4.78 is 4.72. The first-order valence-corrected chi connectivity index (χ1v) is 8.39. The van der Waals surface area contributed by atoms with Crippen molar-refractivity contribution in [3.63, 3.8) is 0 Å². The molecule has 0 spiro atoms. The second-order valence-electron chi connectivity index (χ2n) is 5.01. The van der Waals surface area contributed by atoms with Crippen LogP contribution in [0.2, 0.25) is 0 Å². The van der Waals surface area contributed by atoms with Crippen LogP contribution in [0, 0.1) is 0 Å². The van der Waals surface area contributed by atoms with Crippen LogP contribution in [0.15, 0.2) is 24.3 Å². The maximum atomic E-state index is 11.7. The van der Waals surface area contributed by atoms with Gasteiger partial charge in [0.2, 0.25) is 5.91 Å². The van der Waals surface area contributed by atoms with E-state index in [1.807, 2.05) is 24.3 Å². The number of anilines is 1. The van der Waals surface area contributed by atoms with E-state index in [0.29, 0.717) is 31.3 Å². The minimum absolute atomic E-state index is 0.271. The van der Waals surface area contributed by atoms with Crippen LogP contribution >= 0.6 is 23.2 Å². The Morgan fingerprint density at radius 2 is 1.74 bits per heavy atom. The first-order valence-electron chi connectivity index (χ1n) is 7.32. The third-order valence-corrected chi connectivity index (χ3v) is 3.65. The highest BCUT2D eigenvalue weighted by molar-refractivity contribution is 6.18. The summed E-state index contributed by atoms with van der Waals surface area (Å²) >= 11 is 11.6. The standard InChI is InChI=1S/C16H22Cl2N2O3/c1-12(21)19-15(16(22)23-2)11-13-3-5-14(6-4-13)20(9-7-17)10-8-18/h3-6,15H,7-11H2,1-2H3,(H,19,21). The molecule has 1 aromatic carbocycles. The summed E-state index contributed by atoms with van der Waals surface area (Å²) in [6.07, 6.45) is 0.373. The topological polar surface area (TPSA) is 58.6 Å². The highest BCUT2D eigenvalue weighted by Gasteiger charge is 2.20. The van der Waals surface area contributed by atoms with E-state index in [0.717, 1.165) is 11.3 Å². The molecular formula is C16H22Cl2N2O3. The van der Waals surface area contributed by atoms with E-state index < -0.39 is 12.0 Å². The first-order chi connectivity index (χ1) is 11.0. The molecule has 0 saturated heterocycles. The zero-order valence-electron chi connectivity index (χ0n) is 13.4. The Hall–Kier alpha value is -1.46. The van der Waals surface area contributed by atoms with Crippen molar-refractivity contribution in [2.45, 2.75) is 19.4 Å². The van der Waals surface area contributed by atoms with Gasteiger partial charge in [-0.1, -0.05) is 12.1 Å². The van der Waals surface area contributed by atoms with E-state index in [-0.39, 0.29) is 5.91 Å². The summed E-state index contributed by atoms with van der Waals surface area (Å²) in [7, 11) is 1.30. The molecule has 23 heavy (non-hydrogen) atoms. The molecule has 0 aliphatic heterocycles. The first kappa shape index (κ1) is 19.6. The molecule has 1 unspecified atom stereocenters. The number of hydrogen-bond donors (Lipinski definition) is 1. The van der Waals surface area contributed by atoms with Gasteiger partial charge >= 0.3 is 5.97 Å². The fourth-order valence-electron chi connectivity index (χ4n) is 2.23. The predicted molar refractivity (Wildman–Crippen MR) is 93.4 cm³/mol. The number of nitrogens with one attached hydrogen (secondary N) is 1. The summed E-state index contributed by atoms with van der Waals surface area (Å²) in [6.45, 7) is 2.80.